The van der Waals surface area contributed by atoms with Crippen LogP contribution in [0.25, 0.3) is 0 Å². The molecule has 3 nitrogen and oxygen atoms in total. The number of alkyl halides is 4. The van der Waals surface area contributed by atoms with E-state index in [0.29, 0.717) is 6.07 Å². The predicted octanol–water partition coefficient (Wildman–Crippen LogP) is 3.07. The van der Waals surface area contributed by atoms with Gasteiger partial charge in [0.15, 0.2) is 5.78 Å². The van der Waals surface area contributed by atoms with Gasteiger partial charge in [-0.25, -0.2) is 4.79 Å². The molecule has 1 aromatic rings. The summed E-state index contributed by atoms with van der Waals surface area (Å²) in [5.41, 5.74) is -1.88. The van der Waals surface area contributed by atoms with Crippen LogP contribution < -0.4 is 0 Å². The molecule has 0 aromatic heterocycles. The molecule has 0 saturated carbocycles. The van der Waals surface area contributed by atoms with Gasteiger partial charge >= 0.3 is 12.1 Å². The van der Waals surface area contributed by atoms with Crippen molar-refractivity contribution in [2.24, 2.45) is 0 Å². The second-order valence-electron chi connectivity index (χ2n) is 3.31. The Kier molecular flexibility index (Phi) is 4.50. The van der Waals surface area contributed by atoms with Gasteiger partial charge in [0.25, 0.3) is 0 Å². The third kappa shape index (κ3) is 3.10. The number of ketones is 1. The highest BCUT2D eigenvalue weighted by Crippen LogP contribution is 2.33. The van der Waals surface area contributed by atoms with Crippen molar-refractivity contribution in [2.75, 3.05) is 12.4 Å². The Balaban J connectivity index is 3.39. The first-order valence-corrected chi connectivity index (χ1v) is 5.82. The summed E-state index contributed by atoms with van der Waals surface area (Å²) >= 11 is 2.80. The van der Waals surface area contributed by atoms with E-state index in [1.807, 2.05) is 0 Å². The molecule has 0 aliphatic carbocycles. The molecule has 0 fully saturated rings. The van der Waals surface area contributed by atoms with Gasteiger partial charge in [0, 0.05) is 5.56 Å². The van der Waals surface area contributed by atoms with Crippen LogP contribution in [-0.2, 0) is 10.9 Å². The van der Waals surface area contributed by atoms with Gasteiger partial charge in [-0.1, -0.05) is 15.9 Å². The van der Waals surface area contributed by atoms with Crippen LogP contribution in [0.5, 0.6) is 0 Å². The minimum atomic E-state index is -4.71. The topological polar surface area (TPSA) is 43.4 Å². The van der Waals surface area contributed by atoms with Gasteiger partial charge < -0.3 is 4.74 Å². The van der Waals surface area contributed by atoms with E-state index < -0.39 is 29.1 Å². The Morgan fingerprint density at radius 3 is 2.39 bits per heavy atom. The van der Waals surface area contributed by atoms with Crippen LogP contribution >= 0.6 is 15.9 Å². The van der Waals surface area contributed by atoms with Crippen molar-refractivity contribution in [3.63, 3.8) is 0 Å². The Morgan fingerprint density at radius 2 is 1.94 bits per heavy atom. The number of Topliss-reactive ketones (excluding diaryl/α,β-unsaturated/α-hetero) is 1. The van der Waals surface area contributed by atoms with Crippen molar-refractivity contribution < 1.29 is 27.5 Å². The summed E-state index contributed by atoms with van der Waals surface area (Å²) in [6, 6.07) is 2.71. The highest BCUT2D eigenvalue weighted by Gasteiger charge is 2.35. The lowest BCUT2D eigenvalue weighted by atomic mass is 10.0. The molecule has 1 rings (SSSR count). The Hall–Kier alpha value is -1.37. The maximum atomic E-state index is 12.8. The van der Waals surface area contributed by atoms with E-state index in [2.05, 4.69) is 20.7 Å². The third-order valence-electron chi connectivity index (χ3n) is 2.17. The number of rotatable bonds is 3. The third-order valence-corrected chi connectivity index (χ3v) is 2.68. The number of carbonyl (C=O) groups is 2. The van der Waals surface area contributed by atoms with Crippen molar-refractivity contribution in [1.82, 2.24) is 0 Å². The van der Waals surface area contributed by atoms with Crippen molar-refractivity contribution in [1.29, 1.82) is 0 Å². The van der Waals surface area contributed by atoms with E-state index >= 15 is 0 Å². The van der Waals surface area contributed by atoms with E-state index in [9.17, 15) is 22.8 Å². The van der Waals surface area contributed by atoms with Gasteiger partial charge in [-0.3, -0.25) is 4.79 Å². The maximum Gasteiger partial charge on any atom is 0.417 e. The summed E-state index contributed by atoms with van der Waals surface area (Å²) in [5.74, 6) is -1.60. The number of hydrogen-bond donors (Lipinski definition) is 0. The SMILES string of the molecule is COC(=O)c1ccc(C(=O)CBr)c(C(F)(F)F)c1. The fraction of sp³-hybridized carbons (Fsp3) is 0.273. The van der Waals surface area contributed by atoms with Crippen LogP contribution in [-0.4, -0.2) is 24.2 Å². The first-order chi connectivity index (χ1) is 8.31. The average molecular weight is 325 g/mol. The lowest BCUT2D eigenvalue weighted by Gasteiger charge is -2.12. The summed E-state index contributed by atoms with van der Waals surface area (Å²) in [5, 5.41) is -0.229. The highest BCUT2D eigenvalue weighted by molar-refractivity contribution is 9.09. The lowest BCUT2D eigenvalue weighted by molar-refractivity contribution is -0.137. The van der Waals surface area contributed by atoms with Gasteiger partial charge in [0.05, 0.1) is 23.6 Å². The number of esters is 1. The van der Waals surface area contributed by atoms with Gasteiger partial charge in [0.2, 0.25) is 0 Å². The Bertz CT molecular complexity index is 483. The molecule has 0 spiro atoms. The summed E-state index contributed by atoms with van der Waals surface area (Å²) in [4.78, 5) is 22.5. The van der Waals surface area contributed by atoms with Crippen molar-refractivity contribution in [2.45, 2.75) is 6.18 Å². The molecule has 98 valence electrons. The largest absolute Gasteiger partial charge is 0.465 e. The zero-order valence-electron chi connectivity index (χ0n) is 9.18. The molecule has 0 atom stereocenters. The molecule has 7 heteroatoms. The molecule has 0 N–H and O–H groups in total. The summed E-state index contributed by atoms with van der Waals surface area (Å²) < 4.78 is 42.6. The summed E-state index contributed by atoms with van der Waals surface area (Å²) in [6.07, 6.45) is -4.71. The van der Waals surface area contributed by atoms with Crippen LogP contribution in [0, 0.1) is 0 Å². The predicted molar refractivity (Wildman–Crippen MR) is 60.9 cm³/mol. The number of methoxy groups -OCH3 is 1. The molecular weight excluding hydrogens is 317 g/mol. The fourth-order valence-corrected chi connectivity index (χ4v) is 1.64. The van der Waals surface area contributed by atoms with Gasteiger partial charge in [-0.05, 0) is 18.2 Å². The smallest absolute Gasteiger partial charge is 0.417 e. The molecule has 0 heterocycles. The summed E-state index contributed by atoms with van der Waals surface area (Å²) in [6.45, 7) is 0. The van der Waals surface area contributed by atoms with Crippen LogP contribution in [0.3, 0.4) is 0 Å². The second kappa shape index (κ2) is 5.51. The van der Waals surface area contributed by atoms with E-state index in [1.165, 1.54) is 0 Å². The molecule has 0 unspecified atom stereocenters. The molecule has 0 bridgehead atoms. The number of benzene rings is 1. The minimum absolute atomic E-state index is 0.229. The van der Waals surface area contributed by atoms with E-state index in [4.69, 9.17) is 0 Å². The molecular formula is C11H8BrF3O3. The number of hydrogen-bond acceptors (Lipinski definition) is 3. The molecule has 0 amide bonds. The monoisotopic (exact) mass is 324 g/mol. The minimum Gasteiger partial charge on any atom is -0.465 e. The number of carbonyl (C=O) groups excluding carboxylic acids is 2. The molecule has 0 aliphatic rings. The quantitative estimate of drug-likeness (QED) is 0.487. The average Bonchev–Trinajstić information content (AvgIpc) is 2.35. The second-order valence-corrected chi connectivity index (χ2v) is 3.87. The van der Waals surface area contributed by atoms with Crippen LogP contribution in [0.15, 0.2) is 18.2 Å². The standard InChI is InChI=1S/C11H8BrF3O3/c1-18-10(17)6-2-3-7(9(16)5-12)8(4-6)11(13,14)15/h2-4H,5H2,1H3. The van der Waals surface area contributed by atoms with E-state index in [-0.39, 0.29) is 10.9 Å². The zero-order valence-corrected chi connectivity index (χ0v) is 10.8. The van der Waals surface area contributed by atoms with Crippen LogP contribution in [0.1, 0.15) is 26.3 Å². The fourth-order valence-electron chi connectivity index (χ4n) is 1.34. The first kappa shape index (κ1) is 14.7. The van der Waals surface area contributed by atoms with E-state index in [0.717, 1.165) is 19.2 Å². The first-order valence-electron chi connectivity index (χ1n) is 4.70. The Labute approximate surface area is 109 Å². The van der Waals surface area contributed by atoms with Gasteiger partial charge in [-0.15, -0.1) is 0 Å². The molecule has 1 aromatic carbocycles. The molecule has 0 aliphatic heterocycles. The molecule has 0 radical (unpaired) electrons. The van der Waals surface area contributed by atoms with Crippen molar-refractivity contribution >= 4 is 27.7 Å². The van der Waals surface area contributed by atoms with Crippen LogP contribution in [0.2, 0.25) is 0 Å². The lowest BCUT2D eigenvalue weighted by Crippen LogP contribution is -2.15. The van der Waals surface area contributed by atoms with Crippen molar-refractivity contribution in [3.05, 3.63) is 34.9 Å². The van der Waals surface area contributed by atoms with Crippen LogP contribution in [0.4, 0.5) is 13.2 Å². The zero-order chi connectivity index (χ0) is 13.9. The molecule has 0 saturated heterocycles. The van der Waals surface area contributed by atoms with E-state index in [1.54, 1.807) is 0 Å². The highest BCUT2D eigenvalue weighted by atomic mass is 79.9. The Morgan fingerprint density at radius 1 is 1.33 bits per heavy atom. The molecule has 18 heavy (non-hydrogen) atoms. The van der Waals surface area contributed by atoms with Crippen molar-refractivity contribution in [3.8, 4) is 0 Å². The van der Waals surface area contributed by atoms with Gasteiger partial charge in [-0.2, -0.15) is 13.2 Å². The number of ether oxygens (including phenoxy) is 1. The summed E-state index contributed by atoms with van der Waals surface area (Å²) in [7, 11) is 1.06. The number of halogens is 4. The van der Waals surface area contributed by atoms with Gasteiger partial charge in [0.1, 0.15) is 0 Å². The normalized spacial score (nSPS) is 11.2. The maximum absolute atomic E-state index is 12.8.